The maximum atomic E-state index is 12.3. The Balaban J connectivity index is 1.71. The van der Waals surface area contributed by atoms with Crippen molar-refractivity contribution in [2.45, 2.75) is 31.3 Å². The van der Waals surface area contributed by atoms with Crippen LogP contribution in [-0.4, -0.2) is 31.9 Å². The van der Waals surface area contributed by atoms with Gasteiger partial charge < -0.3 is 11.1 Å². The van der Waals surface area contributed by atoms with Crippen LogP contribution in [0.4, 0.5) is 11.4 Å². The van der Waals surface area contributed by atoms with Crippen LogP contribution in [0.5, 0.6) is 0 Å². The van der Waals surface area contributed by atoms with E-state index in [4.69, 9.17) is 28.9 Å². The SMILES string of the molecule is CC(C)(C)c1ccc(-n2nnnc2SCC(=O)Nc2ccc(N)cc2Cl)c(Cl)c1. The van der Waals surface area contributed by atoms with E-state index in [9.17, 15) is 4.79 Å². The van der Waals surface area contributed by atoms with Crippen LogP contribution in [0, 0.1) is 0 Å². The van der Waals surface area contributed by atoms with E-state index in [0.717, 1.165) is 5.56 Å². The second-order valence-electron chi connectivity index (χ2n) is 7.37. The lowest BCUT2D eigenvalue weighted by Crippen LogP contribution is -2.15. The number of benzene rings is 2. The van der Waals surface area contributed by atoms with Crippen molar-refractivity contribution in [3.63, 3.8) is 0 Å². The Bertz CT molecular complexity index is 1050. The van der Waals surface area contributed by atoms with E-state index < -0.39 is 0 Å². The predicted molar refractivity (Wildman–Crippen MR) is 118 cm³/mol. The van der Waals surface area contributed by atoms with Gasteiger partial charge in [0, 0.05) is 5.69 Å². The van der Waals surface area contributed by atoms with Crippen LogP contribution < -0.4 is 11.1 Å². The number of amides is 1. The highest BCUT2D eigenvalue weighted by molar-refractivity contribution is 7.99. The van der Waals surface area contributed by atoms with E-state index in [0.29, 0.717) is 32.3 Å². The minimum atomic E-state index is -0.245. The van der Waals surface area contributed by atoms with Gasteiger partial charge in [0.1, 0.15) is 0 Å². The van der Waals surface area contributed by atoms with Crippen molar-refractivity contribution in [3.05, 3.63) is 52.0 Å². The molecular formula is C19H20Cl2N6OS. The fourth-order valence-corrected chi connectivity index (χ4v) is 3.69. The molecule has 2 aromatic carbocycles. The van der Waals surface area contributed by atoms with Crippen molar-refractivity contribution < 1.29 is 4.79 Å². The summed E-state index contributed by atoms with van der Waals surface area (Å²) in [6, 6.07) is 10.7. The number of aromatic nitrogens is 4. The molecule has 29 heavy (non-hydrogen) atoms. The monoisotopic (exact) mass is 450 g/mol. The molecule has 0 saturated carbocycles. The molecule has 1 aromatic heterocycles. The normalized spacial score (nSPS) is 11.5. The van der Waals surface area contributed by atoms with Gasteiger partial charge in [-0.15, -0.1) is 5.10 Å². The van der Waals surface area contributed by atoms with Crippen LogP contribution >= 0.6 is 35.0 Å². The molecule has 7 nitrogen and oxygen atoms in total. The van der Waals surface area contributed by atoms with Crippen molar-refractivity contribution >= 4 is 52.2 Å². The maximum Gasteiger partial charge on any atom is 0.234 e. The zero-order chi connectivity index (χ0) is 21.2. The van der Waals surface area contributed by atoms with Crippen molar-refractivity contribution in [2.24, 2.45) is 0 Å². The molecule has 1 heterocycles. The van der Waals surface area contributed by atoms with Crippen molar-refractivity contribution in [1.29, 1.82) is 0 Å². The smallest absolute Gasteiger partial charge is 0.234 e. The molecule has 0 fully saturated rings. The molecular weight excluding hydrogens is 431 g/mol. The third-order valence-electron chi connectivity index (χ3n) is 4.08. The number of tetrazole rings is 1. The van der Waals surface area contributed by atoms with Gasteiger partial charge in [-0.05, 0) is 51.7 Å². The van der Waals surface area contributed by atoms with E-state index >= 15 is 0 Å². The number of nitrogens with two attached hydrogens (primary N) is 1. The highest BCUT2D eigenvalue weighted by atomic mass is 35.5. The first kappa shape index (κ1) is 21.4. The number of nitrogens with one attached hydrogen (secondary N) is 1. The summed E-state index contributed by atoms with van der Waals surface area (Å²) in [6.07, 6.45) is 0. The average molecular weight is 451 g/mol. The van der Waals surface area contributed by atoms with Gasteiger partial charge in [-0.2, -0.15) is 4.68 Å². The lowest BCUT2D eigenvalue weighted by Gasteiger charge is -2.20. The zero-order valence-corrected chi connectivity index (χ0v) is 18.4. The van der Waals surface area contributed by atoms with Gasteiger partial charge >= 0.3 is 0 Å². The molecule has 0 saturated heterocycles. The van der Waals surface area contributed by atoms with Gasteiger partial charge in [0.15, 0.2) is 0 Å². The van der Waals surface area contributed by atoms with E-state index in [2.05, 4.69) is 41.6 Å². The lowest BCUT2D eigenvalue weighted by atomic mass is 9.87. The first-order valence-corrected chi connectivity index (χ1v) is 10.5. The van der Waals surface area contributed by atoms with Crippen LogP contribution in [0.2, 0.25) is 10.0 Å². The fourth-order valence-electron chi connectivity index (χ4n) is 2.51. The Labute approximate surface area is 182 Å². The highest BCUT2D eigenvalue weighted by Gasteiger charge is 2.18. The molecule has 3 rings (SSSR count). The van der Waals surface area contributed by atoms with Crippen molar-refractivity contribution in [2.75, 3.05) is 16.8 Å². The molecule has 0 aliphatic carbocycles. The molecule has 1 amide bonds. The summed E-state index contributed by atoms with van der Waals surface area (Å²) in [7, 11) is 0. The Hall–Kier alpha value is -2.29. The summed E-state index contributed by atoms with van der Waals surface area (Å²) in [6.45, 7) is 6.34. The van der Waals surface area contributed by atoms with Gasteiger partial charge in [0.25, 0.3) is 0 Å². The van der Waals surface area contributed by atoms with Crippen LogP contribution in [0.15, 0.2) is 41.6 Å². The number of hydrogen-bond acceptors (Lipinski definition) is 6. The topological polar surface area (TPSA) is 98.7 Å². The molecule has 0 radical (unpaired) electrons. The van der Waals surface area contributed by atoms with E-state index in [1.54, 1.807) is 18.2 Å². The molecule has 0 atom stereocenters. The fraction of sp³-hybridized carbons (Fsp3) is 0.263. The van der Waals surface area contributed by atoms with Gasteiger partial charge in [-0.25, -0.2) is 0 Å². The number of halogens is 2. The Kier molecular flexibility index (Phi) is 6.36. The van der Waals surface area contributed by atoms with Gasteiger partial charge in [-0.3, -0.25) is 4.79 Å². The molecule has 0 spiro atoms. The largest absolute Gasteiger partial charge is 0.399 e. The number of carbonyl (C=O) groups is 1. The number of nitrogen functional groups attached to an aromatic ring is 1. The first-order chi connectivity index (χ1) is 13.6. The van der Waals surface area contributed by atoms with Crippen LogP contribution in [-0.2, 0) is 10.2 Å². The molecule has 0 unspecified atom stereocenters. The van der Waals surface area contributed by atoms with Crippen LogP contribution in [0.1, 0.15) is 26.3 Å². The van der Waals surface area contributed by atoms with Crippen LogP contribution in [0.25, 0.3) is 5.69 Å². The second kappa shape index (κ2) is 8.61. The average Bonchev–Trinajstić information content (AvgIpc) is 3.10. The molecule has 0 aliphatic rings. The van der Waals surface area contributed by atoms with Crippen molar-refractivity contribution in [1.82, 2.24) is 20.2 Å². The second-order valence-corrected chi connectivity index (χ2v) is 9.12. The Morgan fingerprint density at radius 1 is 1.17 bits per heavy atom. The summed E-state index contributed by atoms with van der Waals surface area (Å²) >= 11 is 13.7. The number of hydrogen-bond donors (Lipinski definition) is 2. The molecule has 3 N–H and O–H groups in total. The number of thioether (sulfide) groups is 1. The van der Waals surface area contributed by atoms with E-state index in [1.807, 2.05) is 18.2 Å². The maximum absolute atomic E-state index is 12.3. The quantitative estimate of drug-likeness (QED) is 0.435. The Morgan fingerprint density at radius 3 is 2.59 bits per heavy atom. The molecule has 152 valence electrons. The van der Waals surface area contributed by atoms with E-state index in [1.165, 1.54) is 16.4 Å². The molecule has 10 heteroatoms. The van der Waals surface area contributed by atoms with Gasteiger partial charge in [-0.1, -0.05) is 61.8 Å². The number of rotatable bonds is 5. The van der Waals surface area contributed by atoms with E-state index in [-0.39, 0.29) is 17.1 Å². The lowest BCUT2D eigenvalue weighted by molar-refractivity contribution is -0.113. The third-order valence-corrected chi connectivity index (χ3v) is 5.62. The molecule has 0 bridgehead atoms. The number of nitrogens with zero attached hydrogens (tertiary/aromatic N) is 4. The zero-order valence-electron chi connectivity index (χ0n) is 16.1. The van der Waals surface area contributed by atoms with Gasteiger partial charge in [0.2, 0.25) is 11.1 Å². The number of carbonyl (C=O) groups excluding carboxylic acids is 1. The highest BCUT2D eigenvalue weighted by Crippen LogP contribution is 2.30. The molecule has 0 aliphatic heterocycles. The standard InChI is InChI=1S/C19H20Cl2N6OS/c1-19(2,3)11-4-7-16(14(21)8-11)27-18(24-25-26-27)29-10-17(28)23-15-6-5-12(22)9-13(15)20/h4-9H,10,22H2,1-3H3,(H,23,28). The summed E-state index contributed by atoms with van der Waals surface area (Å²) in [4.78, 5) is 12.3. The van der Waals surface area contributed by atoms with Crippen molar-refractivity contribution in [3.8, 4) is 5.69 Å². The first-order valence-electron chi connectivity index (χ1n) is 8.71. The summed E-state index contributed by atoms with van der Waals surface area (Å²) in [5.74, 6) is -0.149. The summed E-state index contributed by atoms with van der Waals surface area (Å²) < 4.78 is 1.52. The summed E-state index contributed by atoms with van der Waals surface area (Å²) in [5.41, 5.74) is 8.40. The summed E-state index contributed by atoms with van der Waals surface area (Å²) in [5, 5.41) is 15.8. The third kappa shape index (κ3) is 5.20. The minimum Gasteiger partial charge on any atom is -0.399 e. The number of anilines is 2. The minimum absolute atomic E-state index is 0.0260. The molecule has 3 aromatic rings. The van der Waals surface area contributed by atoms with Crippen LogP contribution in [0.3, 0.4) is 0 Å². The predicted octanol–water partition coefficient (Wildman–Crippen LogP) is 4.58. The Morgan fingerprint density at radius 2 is 1.93 bits per heavy atom. The van der Waals surface area contributed by atoms with Gasteiger partial charge in [0.05, 0.1) is 27.2 Å².